The molecule has 0 heterocycles. The summed E-state index contributed by atoms with van der Waals surface area (Å²) in [4.78, 5) is 0. The zero-order chi connectivity index (χ0) is 9.09. The van der Waals surface area contributed by atoms with E-state index in [1.165, 1.54) is 0 Å². The highest BCUT2D eigenvalue weighted by atomic mass is 16.3. The van der Waals surface area contributed by atoms with Gasteiger partial charge in [0, 0.05) is 6.04 Å². The molecule has 0 aromatic heterocycles. The third kappa shape index (κ3) is 0.775. The molecule has 0 spiro atoms. The standard InChI is InChI=1S/C10H19NO/c1-5-6-4-7(10(5,2)3)8(11)9(6)12/h5-9,12H,4,11H2,1-3H3. The van der Waals surface area contributed by atoms with E-state index in [9.17, 15) is 5.11 Å². The Bertz CT molecular complexity index is 202. The van der Waals surface area contributed by atoms with Gasteiger partial charge in [-0.25, -0.2) is 0 Å². The number of nitrogens with two attached hydrogens (primary N) is 1. The number of aliphatic hydroxyl groups excluding tert-OH is 1. The first kappa shape index (κ1) is 8.52. The largest absolute Gasteiger partial charge is 0.391 e. The van der Waals surface area contributed by atoms with Crippen molar-refractivity contribution in [3.63, 3.8) is 0 Å². The first-order valence-electron chi connectivity index (χ1n) is 4.90. The van der Waals surface area contributed by atoms with Gasteiger partial charge in [0.05, 0.1) is 6.10 Å². The maximum atomic E-state index is 9.77. The molecule has 0 aromatic rings. The van der Waals surface area contributed by atoms with E-state index in [0.717, 1.165) is 6.42 Å². The molecule has 0 saturated heterocycles. The van der Waals surface area contributed by atoms with E-state index >= 15 is 0 Å². The van der Waals surface area contributed by atoms with Crippen LogP contribution in [0.25, 0.3) is 0 Å². The van der Waals surface area contributed by atoms with Crippen molar-refractivity contribution in [3.05, 3.63) is 0 Å². The molecule has 12 heavy (non-hydrogen) atoms. The summed E-state index contributed by atoms with van der Waals surface area (Å²) in [5.41, 5.74) is 6.29. The topological polar surface area (TPSA) is 46.2 Å². The van der Waals surface area contributed by atoms with E-state index in [1.54, 1.807) is 0 Å². The Labute approximate surface area is 74.1 Å². The minimum atomic E-state index is -0.238. The molecule has 0 amide bonds. The monoisotopic (exact) mass is 169 g/mol. The fourth-order valence-corrected chi connectivity index (χ4v) is 3.30. The van der Waals surface area contributed by atoms with Gasteiger partial charge in [0.25, 0.3) is 0 Å². The molecule has 3 N–H and O–H groups in total. The van der Waals surface area contributed by atoms with E-state index in [1.807, 2.05) is 0 Å². The summed E-state index contributed by atoms with van der Waals surface area (Å²) in [5, 5.41) is 9.77. The van der Waals surface area contributed by atoms with Gasteiger partial charge in [0.2, 0.25) is 0 Å². The lowest BCUT2D eigenvalue weighted by Gasteiger charge is -2.41. The van der Waals surface area contributed by atoms with Gasteiger partial charge in [-0.3, -0.25) is 0 Å². The van der Waals surface area contributed by atoms with Crippen molar-refractivity contribution in [3.8, 4) is 0 Å². The van der Waals surface area contributed by atoms with E-state index < -0.39 is 0 Å². The summed E-state index contributed by atoms with van der Waals surface area (Å²) in [7, 11) is 0. The minimum Gasteiger partial charge on any atom is -0.391 e. The summed E-state index contributed by atoms with van der Waals surface area (Å²) in [6.45, 7) is 6.82. The molecule has 2 aliphatic rings. The highest BCUT2D eigenvalue weighted by Crippen LogP contribution is 2.58. The molecule has 5 atom stereocenters. The summed E-state index contributed by atoms with van der Waals surface area (Å²) in [5.74, 6) is 1.62. The summed E-state index contributed by atoms with van der Waals surface area (Å²) < 4.78 is 0. The first-order chi connectivity index (χ1) is 5.46. The molecule has 2 bridgehead atoms. The lowest BCUT2D eigenvalue weighted by atomic mass is 9.67. The second-order valence-corrected chi connectivity index (χ2v) is 5.18. The van der Waals surface area contributed by atoms with Crippen molar-refractivity contribution in [1.82, 2.24) is 0 Å². The Hall–Kier alpha value is -0.0800. The van der Waals surface area contributed by atoms with Crippen LogP contribution in [0.15, 0.2) is 0 Å². The summed E-state index contributed by atoms with van der Waals surface area (Å²) >= 11 is 0. The predicted molar refractivity (Wildman–Crippen MR) is 48.5 cm³/mol. The fraction of sp³-hybridized carbons (Fsp3) is 1.00. The van der Waals surface area contributed by atoms with Crippen LogP contribution in [-0.2, 0) is 0 Å². The van der Waals surface area contributed by atoms with Crippen molar-refractivity contribution in [2.24, 2.45) is 28.9 Å². The van der Waals surface area contributed by atoms with Gasteiger partial charge < -0.3 is 10.8 Å². The number of hydrogen-bond donors (Lipinski definition) is 2. The molecule has 2 nitrogen and oxygen atoms in total. The van der Waals surface area contributed by atoms with Crippen molar-refractivity contribution in [2.45, 2.75) is 39.3 Å². The zero-order valence-electron chi connectivity index (χ0n) is 8.12. The highest BCUT2D eigenvalue weighted by Gasteiger charge is 2.58. The third-order valence-corrected chi connectivity index (χ3v) is 4.60. The van der Waals surface area contributed by atoms with Crippen LogP contribution < -0.4 is 5.73 Å². The van der Waals surface area contributed by atoms with Crippen molar-refractivity contribution >= 4 is 0 Å². The smallest absolute Gasteiger partial charge is 0.0724 e. The Morgan fingerprint density at radius 3 is 2.42 bits per heavy atom. The first-order valence-corrected chi connectivity index (χ1v) is 4.90. The Kier molecular flexibility index (Phi) is 1.59. The number of rotatable bonds is 0. The molecule has 0 aromatic carbocycles. The van der Waals surface area contributed by atoms with Crippen molar-refractivity contribution in [2.75, 3.05) is 0 Å². The number of aliphatic hydroxyl groups is 1. The molecule has 0 aliphatic heterocycles. The molecule has 2 saturated carbocycles. The molecule has 70 valence electrons. The van der Waals surface area contributed by atoms with Crippen LogP contribution in [0.4, 0.5) is 0 Å². The van der Waals surface area contributed by atoms with Gasteiger partial charge in [-0.05, 0) is 29.6 Å². The van der Waals surface area contributed by atoms with Crippen LogP contribution in [0.1, 0.15) is 27.2 Å². The molecule has 5 unspecified atom stereocenters. The lowest BCUT2D eigenvalue weighted by molar-refractivity contribution is 0.00686. The number of fused-ring (bicyclic) bond motifs is 2. The second-order valence-electron chi connectivity index (χ2n) is 5.18. The molecule has 2 aliphatic carbocycles. The SMILES string of the molecule is CC1C2CC(C(N)C2O)C1(C)C. The molecule has 2 rings (SSSR count). The van der Waals surface area contributed by atoms with Crippen molar-refractivity contribution < 1.29 is 5.11 Å². The average Bonchev–Trinajstić information content (AvgIpc) is 2.38. The highest BCUT2D eigenvalue weighted by molar-refractivity contribution is 5.10. The summed E-state index contributed by atoms with van der Waals surface area (Å²) in [6, 6.07) is 0.0289. The number of hydrogen-bond acceptors (Lipinski definition) is 2. The lowest BCUT2D eigenvalue weighted by Crippen LogP contribution is -2.49. The maximum absolute atomic E-state index is 9.77. The minimum absolute atomic E-state index is 0.0289. The van der Waals surface area contributed by atoms with Gasteiger partial charge in [-0.2, -0.15) is 0 Å². The van der Waals surface area contributed by atoms with Gasteiger partial charge in [0.15, 0.2) is 0 Å². The van der Waals surface area contributed by atoms with Crippen LogP contribution in [0.2, 0.25) is 0 Å². The van der Waals surface area contributed by atoms with Crippen LogP contribution >= 0.6 is 0 Å². The fourth-order valence-electron chi connectivity index (χ4n) is 3.30. The van der Waals surface area contributed by atoms with Crippen molar-refractivity contribution in [1.29, 1.82) is 0 Å². The summed E-state index contributed by atoms with van der Waals surface area (Å²) in [6.07, 6.45) is 0.897. The van der Waals surface area contributed by atoms with Gasteiger partial charge in [-0.15, -0.1) is 0 Å². The molecular weight excluding hydrogens is 150 g/mol. The van der Waals surface area contributed by atoms with Gasteiger partial charge in [0.1, 0.15) is 0 Å². The van der Waals surface area contributed by atoms with E-state index in [2.05, 4.69) is 20.8 Å². The average molecular weight is 169 g/mol. The Morgan fingerprint density at radius 1 is 1.42 bits per heavy atom. The van der Waals surface area contributed by atoms with E-state index in [4.69, 9.17) is 5.73 Å². The molecular formula is C10H19NO. The van der Waals surface area contributed by atoms with Crippen LogP contribution in [-0.4, -0.2) is 17.3 Å². The maximum Gasteiger partial charge on any atom is 0.0724 e. The van der Waals surface area contributed by atoms with Gasteiger partial charge >= 0.3 is 0 Å². The predicted octanol–water partition coefficient (Wildman–Crippen LogP) is 0.987. The Balaban J connectivity index is 2.30. The third-order valence-electron chi connectivity index (χ3n) is 4.60. The zero-order valence-corrected chi connectivity index (χ0v) is 8.12. The normalized spacial score (nSPS) is 56.2. The van der Waals surface area contributed by atoms with E-state index in [-0.39, 0.29) is 12.1 Å². The van der Waals surface area contributed by atoms with Crippen LogP contribution in [0, 0.1) is 23.2 Å². The quantitative estimate of drug-likeness (QED) is 0.568. The molecule has 2 heteroatoms. The van der Waals surface area contributed by atoms with Crippen LogP contribution in [0.5, 0.6) is 0 Å². The van der Waals surface area contributed by atoms with E-state index in [0.29, 0.717) is 23.2 Å². The Morgan fingerprint density at radius 2 is 2.00 bits per heavy atom. The molecule has 2 fully saturated rings. The molecule has 0 radical (unpaired) electrons. The van der Waals surface area contributed by atoms with Gasteiger partial charge in [-0.1, -0.05) is 20.8 Å². The second kappa shape index (κ2) is 2.24. The van der Waals surface area contributed by atoms with Crippen LogP contribution in [0.3, 0.4) is 0 Å².